The summed E-state index contributed by atoms with van der Waals surface area (Å²) in [5.41, 5.74) is 0.579. The molecule has 1 aromatic heterocycles. The average molecular weight is 415 g/mol. The van der Waals surface area contributed by atoms with Crippen LogP contribution in [0.1, 0.15) is 6.42 Å². The number of aromatic nitrogens is 2. The van der Waals surface area contributed by atoms with Crippen LogP contribution in [0.3, 0.4) is 0 Å². The molecule has 9 heteroatoms. The molecule has 2 aromatic carbocycles. The van der Waals surface area contributed by atoms with E-state index in [1.165, 1.54) is 0 Å². The Morgan fingerprint density at radius 1 is 1.00 bits per heavy atom. The molecule has 3 aromatic rings. The van der Waals surface area contributed by atoms with Crippen molar-refractivity contribution in [1.29, 1.82) is 0 Å². The number of carbonyl (C=O) groups excluding carboxylic acids is 1. The normalized spacial score (nSPS) is 10.4. The number of methoxy groups -OCH3 is 3. The van der Waals surface area contributed by atoms with Crippen LogP contribution in [-0.2, 0) is 4.79 Å². The van der Waals surface area contributed by atoms with Crippen molar-refractivity contribution in [3.05, 3.63) is 42.5 Å². The molecule has 0 unspecified atom stereocenters. The lowest BCUT2D eigenvalue weighted by atomic mass is 10.2. The smallest absolute Gasteiger partial charge is 0.322 e. The fourth-order valence-electron chi connectivity index (χ4n) is 2.48. The second-order valence-electron chi connectivity index (χ2n) is 5.80. The number of anilines is 1. The summed E-state index contributed by atoms with van der Waals surface area (Å²) in [6.07, 6.45) is 0.302. The highest BCUT2D eigenvalue weighted by atomic mass is 32.2. The van der Waals surface area contributed by atoms with Crippen molar-refractivity contribution in [1.82, 2.24) is 10.2 Å². The Bertz CT molecular complexity index is 959. The summed E-state index contributed by atoms with van der Waals surface area (Å²) in [5.74, 6) is 2.61. The number of benzene rings is 2. The lowest BCUT2D eigenvalue weighted by molar-refractivity contribution is -0.115. The van der Waals surface area contributed by atoms with Gasteiger partial charge in [-0.3, -0.25) is 10.1 Å². The van der Waals surface area contributed by atoms with Gasteiger partial charge in [-0.15, -0.1) is 16.9 Å². The predicted molar refractivity (Wildman–Crippen MR) is 110 cm³/mol. The van der Waals surface area contributed by atoms with Gasteiger partial charge >= 0.3 is 6.01 Å². The molecular weight excluding hydrogens is 394 g/mol. The molecule has 1 amide bonds. The number of rotatable bonds is 9. The molecule has 0 aliphatic heterocycles. The Labute approximate surface area is 172 Å². The monoisotopic (exact) mass is 415 g/mol. The first-order valence-corrected chi connectivity index (χ1v) is 9.74. The summed E-state index contributed by atoms with van der Waals surface area (Å²) < 4.78 is 21.2. The van der Waals surface area contributed by atoms with Crippen molar-refractivity contribution in [2.45, 2.75) is 11.3 Å². The van der Waals surface area contributed by atoms with E-state index >= 15 is 0 Å². The lowest BCUT2D eigenvalue weighted by Gasteiger charge is -2.07. The number of ether oxygens (including phenoxy) is 3. The predicted octanol–water partition coefficient (Wildman–Crippen LogP) is 3.88. The summed E-state index contributed by atoms with van der Waals surface area (Å²) in [5, 5.41) is 10.5. The van der Waals surface area contributed by atoms with Crippen LogP contribution >= 0.6 is 11.8 Å². The minimum Gasteiger partial charge on any atom is -0.497 e. The van der Waals surface area contributed by atoms with Gasteiger partial charge in [0.1, 0.15) is 17.2 Å². The molecule has 0 spiro atoms. The van der Waals surface area contributed by atoms with E-state index in [1.54, 1.807) is 51.3 Å². The summed E-state index contributed by atoms with van der Waals surface area (Å²) in [4.78, 5) is 13.2. The molecule has 152 valence electrons. The maximum Gasteiger partial charge on any atom is 0.322 e. The van der Waals surface area contributed by atoms with E-state index in [-0.39, 0.29) is 17.8 Å². The topological polar surface area (TPSA) is 95.7 Å². The molecule has 3 rings (SSSR count). The standard InChI is InChI=1S/C20H21N3O5S/c1-25-13-4-7-15(8-5-13)29-11-10-18(24)21-20-23-22-19(28-20)16-12-14(26-2)6-9-17(16)27-3/h4-9,12H,10-11H2,1-3H3,(H,21,23,24). The van der Waals surface area contributed by atoms with E-state index in [0.717, 1.165) is 10.6 Å². The highest BCUT2D eigenvalue weighted by Gasteiger charge is 2.16. The van der Waals surface area contributed by atoms with Crippen LogP contribution in [-0.4, -0.2) is 43.2 Å². The van der Waals surface area contributed by atoms with Crippen molar-refractivity contribution >= 4 is 23.7 Å². The fourth-order valence-corrected chi connectivity index (χ4v) is 3.33. The highest BCUT2D eigenvalue weighted by Crippen LogP contribution is 2.33. The third kappa shape index (κ3) is 5.41. The first kappa shape index (κ1) is 20.5. The Balaban J connectivity index is 1.56. The van der Waals surface area contributed by atoms with Gasteiger partial charge in [0, 0.05) is 17.1 Å². The van der Waals surface area contributed by atoms with Crippen LogP contribution in [0.5, 0.6) is 17.2 Å². The van der Waals surface area contributed by atoms with Crippen molar-refractivity contribution in [2.75, 3.05) is 32.4 Å². The molecular formula is C20H21N3O5S. The van der Waals surface area contributed by atoms with Crippen LogP contribution in [0, 0.1) is 0 Å². The second-order valence-corrected chi connectivity index (χ2v) is 6.97. The number of hydrogen-bond donors (Lipinski definition) is 1. The molecule has 0 atom stereocenters. The molecule has 0 radical (unpaired) electrons. The zero-order chi connectivity index (χ0) is 20.6. The van der Waals surface area contributed by atoms with E-state index in [0.29, 0.717) is 29.2 Å². The van der Waals surface area contributed by atoms with Crippen LogP contribution in [0.4, 0.5) is 6.01 Å². The van der Waals surface area contributed by atoms with E-state index in [4.69, 9.17) is 18.6 Å². The minimum atomic E-state index is -0.209. The Kier molecular flexibility index (Phi) is 6.96. The SMILES string of the molecule is COc1ccc(SCCC(=O)Nc2nnc(-c3cc(OC)ccc3OC)o2)cc1. The number of carbonyl (C=O) groups is 1. The molecule has 0 aliphatic carbocycles. The highest BCUT2D eigenvalue weighted by molar-refractivity contribution is 7.99. The summed E-state index contributed by atoms with van der Waals surface area (Å²) in [6.45, 7) is 0. The third-order valence-electron chi connectivity index (χ3n) is 3.97. The van der Waals surface area contributed by atoms with Gasteiger partial charge in [-0.1, -0.05) is 5.10 Å². The molecule has 1 N–H and O–H groups in total. The van der Waals surface area contributed by atoms with Gasteiger partial charge in [0.15, 0.2) is 0 Å². The van der Waals surface area contributed by atoms with Crippen LogP contribution in [0.15, 0.2) is 51.8 Å². The number of hydrogen-bond acceptors (Lipinski definition) is 8. The summed E-state index contributed by atoms with van der Waals surface area (Å²) in [6, 6.07) is 12.9. The van der Waals surface area contributed by atoms with E-state index in [1.807, 2.05) is 24.3 Å². The van der Waals surface area contributed by atoms with Crippen molar-refractivity contribution in [3.8, 4) is 28.7 Å². The van der Waals surface area contributed by atoms with Gasteiger partial charge in [0.2, 0.25) is 5.91 Å². The summed E-state index contributed by atoms with van der Waals surface area (Å²) in [7, 11) is 4.74. The number of thioether (sulfide) groups is 1. The van der Waals surface area contributed by atoms with Crippen LogP contribution in [0.25, 0.3) is 11.5 Å². The van der Waals surface area contributed by atoms with Gasteiger partial charge in [-0.2, -0.15) is 0 Å². The van der Waals surface area contributed by atoms with Crippen LogP contribution in [0.2, 0.25) is 0 Å². The zero-order valence-electron chi connectivity index (χ0n) is 16.3. The molecule has 29 heavy (non-hydrogen) atoms. The molecule has 0 saturated heterocycles. The molecule has 1 heterocycles. The maximum absolute atomic E-state index is 12.2. The van der Waals surface area contributed by atoms with Crippen molar-refractivity contribution in [2.24, 2.45) is 0 Å². The minimum absolute atomic E-state index is 0.0318. The Morgan fingerprint density at radius 3 is 2.41 bits per heavy atom. The molecule has 0 saturated carbocycles. The number of amides is 1. The van der Waals surface area contributed by atoms with Crippen molar-refractivity contribution in [3.63, 3.8) is 0 Å². The van der Waals surface area contributed by atoms with E-state index < -0.39 is 0 Å². The van der Waals surface area contributed by atoms with E-state index in [9.17, 15) is 4.79 Å². The first-order chi connectivity index (χ1) is 14.1. The van der Waals surface area contributed by atoms with Gasteiger partial charge in [0.25, 0.3) is 5.89 Å². The Hall–Kier alpha value is -3.20. The maximum atomic E-state index is 12.2. The molecule has 0 fully saturated rings. The average Bonchev–Trinajstić information content (AvgIpc) is 3.22. The third-order valence-corrected chi connectivity index (χ3v) is 4.98. The molecule has 8 nitrogen and oxygen atoms in total. The number of nitrogens with one attached hydrogen (secondary N) is 1. The number of nitrogens with zero attached hydrogens (tertiary/aromatic N) is 2. The van der Waals surface area contributed by atoms with Gasteiger partial charge in [-0.25, -0.2) is 0 Å². The molecule has 0 bridgehead atoms. The lowest BCUT2D eigenvalue weighted by Crippen LogP contribution is -2.12. The van der Waals surface area contributed by atoms with Gasteiger partial charge in [-0.05, 0) is 42.5 Å². The quantitative estimate of drug-likeness (QED) is 0.526. The van der Waals surface area contributed by atoms with Crippen LogP contribution < -0.4 is 19.5 Å². The second kappa shape index (κ2) is 9.83. The summed E-state index contributed by atoms with van der Waals surface area (Å²) >= 11 is 1.58. The zero-order valence-corrected chi connectivity index (χ0v) is 17.1. The van der Waals surface area contributed by atoms with E-state index in [2.05, 4.69) is 15.5 Å². The molecule has 0 aliphatic rings. The van der Waals surface area contributed by atoms with Crippen molar-refractivity contribution < 1.29 is 23.4 Å². The first-order valence-electron chi connectivity index (χ1n) is 8.75. The van der Waals surface area contributed by atoms with Gasteiger partial charge < -0.3 is 18.6 Å². The Morgan fingerprint density at radius 2 is 1.72 bits per heavy atom. The fraction of sp³-hybridized carbons (Fsp3) is 0.250. The largest absolute Gasteiger partial charge is 0.497 e. The van der Waals surface area contributed by atoms with Gasteiger partial charge in [0.05, 0.1) is 26.9 Å².